The molecule has 0 aliphatic rings. The summed E-state index contributed by atoms with van der Waals surface area (Å²) < 4.78 is 5.08. The molecule has 0 saturated carbocycles. The van der Waals surface area contributed by atoms with Gasteiger partial charge in [-0.25, -0.2) is 9.59 Å². The second kappa shape index (κ2) is 5.44. The highest BCUT2D eigenvalue weighted by Crippen LogP contribution is 2.22. The molecule has 0 aliphatic carbocycles. The van der Waals surface area contributed by atoms with Crippen LogP contribution in [0.15, 0.2) is 12.4 Å². The highest BCUT2D eigenvalue weighted by Gasteiger charge is 2.41. The average Bonchev–Trinajstić information content (AvgIpc) is 2.26. The zero-order valence-corrected chi connectivity index (χ0v) is 12.2. The monoisotopic (exact) mass is 281 g/mol. The number of hydrogen-bond donors (Lipinski definition) is 2. The summed E-state index contributed by atoms with van der Waals surface area (Å²) in [5.74, 6) is -1.24. The van der Waals surface area contributed by atoms with Gasteiger partial charge in [0.2, 0.25) is 0 Å². The highest BCUT2D eigenvalue weighted by atomic mass is 16.6. The minimum Gasteiger partial charge on any atom is -0.479 e. The molecule has 1 aromatic rings. The summed E-state index contributed by atoms with van der Waals surface area (Å²) in [5.41, 5.74) is -1.84. The standard InChI is InChI=1S/C13H19N3O4/c1-8-9(15-7-6-14-8)13(5,10(17)18)16-11(19)20-12(2,3)4/h6-7H,1-5H3,(H,16,19)(H,17,18). The Labute approximate surface area is 117 Å². The number of nitrogens with zero attached hydrogens (tertiary/aromatic N) is 2. The number of amides is 1. The molecular formula is C13H19N3O4. The lowest BCUT2D eigenvalue weighted by Crippen LogP contribution is -2.52. The third kappa shape index (κ3) is 3.66. The van der Waals surface area contributed by atoms with Crippen molar-refractivity contribution in [1.29, 1.82) is 0 Å². The molecule has 2 N–H and O–H groups in total. The molecule has 7 heteroatoms. The summed E-state index contributed by atoms with van der Waals surface area (Å²) >= 11 is 0. The first-order chi connectivity index (χ1) is 9.06. The number of hydrogen-bond acceptors (Lipinski definition) is 5. The number of carboxylic acid groups (broad SMARTS) is 1. The van der Waals surface area contributed by atoms with Gasteiger partial charge in [-0.1, -0.05) is 0 Å². The number of aromatic nitrogens is 2. The zero-order chi connectivity index (χ0) is 15.6. The van der Waals surface area contributed by atoms with Crippen molar-refractivity contribution in [1.82, 2.24) is 15.3 Å². The minimum atomic E-state index is -1.71. The van der Waals surface area contributed by atoms with Crippen molar-refractivity contribution < 1.29 is 19.4 Å². The number of carbonyl (C=O) groups excluding carboxylic acids is 1. The Bertz CT molecular complexity index is 525. The van der Waals surface area contributed by atoms with Gasteiger partial charge in [0.25, 0.3) is 0 Å². The largest absolute Gasteiger partial charge is 0.479 e. The molecule has 1 aromatic heterocycles. The number of alkyl carbamates (subject to hydrolysis) is 1. The van der Waals surface area contributed by atoms with Gasteiger partial charge >= 0.3 is 12.1 Å². The number of carbonyl (C=O) groups is 2. The van der Waals surface area contributed by atoms with Crippen LogP contribution in [0.1, 0.15) is 39.1 Å². The van der Waals surface area contributed by atoms with E-state index in [0.717, 1.165) is 0 Å². The van der Waals surface area contributed by atoms with Crippen LogP contribution >= 0.6 is 0 Å². The second-order valence-electron chi connectivity index (χ2n) is 5.55. The summed E-state index contributed by atoms with van der Waals surface area (Å²) in [6.45, 7) is 8.05. The van der Waals surface area contributed by atoms with Crippen LogP contribution in [0.4, 0.5) is 4.79 Å². The fourth-order valence-electron chi connectivity index (χ4n) is 1.62. The van der Waals surface area contributed by atoms with E-state index in [0.29, 0.717) is 5.69 Å². The van der Waals surface area contributed by atoms with Gasteiger partial charge in [-0.05, 0) is 34.6 Å². The lowest BCUT2D eigenvalue weighted by atomic mass is 9.96. The van der Waals surface area contributed by atoms with Gasteiger partial charge in [-0.15, -0.1) is 0 Å². The lowest BCUT2D eigenvalue weighted by Gasteiger charge is -2.28. The first-order valence-electron chi connectivity index (χ1n) is 6.09. The first-order valence-corrected chi connectivity index (χ1v) is 6.09. The first kappa shape index (κ1) is 15.9. The molecule has 1 amide bonds. The molecule has 0 spiro atoms. The van der Waals surface area contributed by atoms with Crippen LogP contribution in [0.3, 0.4) is 0 Å². The normalized spacial score (nSPS) is 14.2. The molecule has 7 nitrogen and oxygen atoms in total. The predicted octanol–water partition coefficient (Wildman–Crippen LogP) is 1.61. The summed E-state index contributed by atoms with van der Waals surface area (Å²) in [5, 5.41) is 11.8. The molecule has 0 fully saturated rings. The fourth-order valence-corrected chi connectivity index (χ4v) is 1.62. The Hall–Kier alpha value is -2.18. The van der Waals surface area contributed by atoms with E-state index in [-0.39, 0.29) is 5.69 Å². The van der Waals surface area contributed by atoms with E-state index in [1.807, 2.05) is 0 Å². The van der Waals surface area contributed by atoms with Crippen molar-refractivity contribution in [3.63, 3.8) is 0 Å². The van der Waals surface area contributed by atoms with Gasteiger partial charge in [0.15, 0.2) is 5.54 Å². The smallest absolute Gasteiger partial charge is 0.408 e. The third-order valence-corrected chi connectivity index (χ3v) is 2.53. The van der Waals surface area contributed by atoms with E-state index < -0.39 is 23.2 Å². The topological polar surface area (TPSA) is 101 Å². The molecule has 1 atom stereocenters. The van der Waals surface area contributed by atoms with Crippen molar-refractivity contribution in [2.24, 2.45) is 0 Å². The number of carboxylic acids is 1. The van der Waals surface area contributed by atoms with Gasteiger partial charge < -0.3 is 15.2 Å². The minimum absolute atomic E-state index is 0.165. The molecule has 0 aliphatic heterocycles. The fraction of sp³-hybridized carbons (Fsp3) is 0.538. The lowest BCUT2D eigenvalue weighted by molar-refractivity contribution is -0.144. The van der Waals surface area contributed by atoms with Crippen LogP contribution < -0.4 is 5.32 Å². The number of aryl methyl sites for hydroxylation is 1. The molecule has 20 heavy (non-hydrogen) atoms. The molecule has 0 aromatic carbocycles. The molecule has 1 heterocycles. The Kier molecular flexibility index (Phi) is 4.32. The number of nitrogens with one attached hydrogen (secondary N) is 1. The maximum absolute atomic E-state index is 11.8. The number of ether oxygens (including phenoxy) is 1. The summed E-state index contributed by atoms with van der Waals surface area (Å²) in [7, 11) is 0. The van der Waals surface area contributed by atoms with Gasteiger partial charge in [0, 0.05) is 12.4 Å². The zero-order valence-electron chi connectivity index (χ0n) is 12.2. The molecular weight excluding hydrogens is 262 g/mol. The summed E-state index contributed by atoms with van der Waals surface area (Å²) in [6.07, 6.45) is 2.00. The number of aliphatic carboxylic acids is 1. The van der Waals surface area contributed by atoms with E-state index in [1.165, 1.54) is 19.3 Å². The van der Waals surface area contributed by atoms with Crippen LogP contribution in [0.2, 0.25) is 0 Å². The van der Waals surface area contributed by atoms with Crippen molar-refractivity contribution >= 4 is 12.1 Å². The van der Waals surface area contributed by atoms with Crippen LogP contribution in [-0.4, -0.2) is 32.7 Å². The Morgan fingerprint density at radius 2 is 1.75 bits per heavy atom. The van der Waals surface area contributed by atoms with Gasteiger partial charge in [0.05, 0.1) is 11.4 Å². The Morgan fingerprint density at radius 3 is 2.20 bits per heavy atom. The Morgan fingerprint density at radius 1 is 1.20 bits per heavy atom. The summed E-state index contributed by atoms with van der Waals surface area (Å²) in [4.78, 5) is 31.4. The molecule has 0 radical (unpaired) electrons. The van der Waals surface area contributed by atoms with Crippen molar-refractivity contribution in [3.05, 3.63) is 23.8 Å². The second-order valence-corrected chi connectivity index (χ2v) is 5.55. The quantitative estimate of drug-likeness (QED) is 0.872. The van der Waals surface area contributed by atoms with Gasteiger partial charge in [0.1, 0.15) is 5.60 Å². The number of rotatable bonds is 3. The van der Waals surface area contributed by atoms with Gasteiger partial charge in [-0.2, -0.15) is 0 Å². The SMILES string of the molecule is Cc1nccnc1C(C)(NC(=O)OC(C)(C)C)C(=O)O. The van der Waals surface area contributed by atoms with E-state index in [4.69, 9.17) is 4.74 Å². The molecule has 1 rings (SSSR count). The average molecular weight is 281 g/mol. The van der Waals surface area contributed by atoms with Crippen LogP contribution in [0.5, 0.6) is 0 Å². The van der Waals surface area contributed by atoms with Crippen molar-refractivity contribution in [2.45, 2.75) is 45.8 Å². The molecule has 0 saturated heterocycles. The van der Waals surface area contributed by atoms with Crippen molar-refractivity contribution in [3.8, 4) is 0 Å². The maximum atomic E-state index is 11.8. The molecule has 110 valence electrons. The van der Waals surface area contributed by atoms with E-state index in [9.17, 15) is 14.7 Å². The molecule has 0 bridgehead atoms. The Balaban J connectivity index is 3.09. The van der Waals surface area contributed by atoms with E-state index >= 15 is 0 Å². The van der Waals surface area contributed by atoms with Crippen molar-refractivity contribution in [2.75, 3.05) is 0 Å². The van der Waals surface area contributed by atoms with Crippen LogP contribution in [0.25, 0.3) is 0 Å². The van der Waals surface area contributed by atoms with Crippen LogP contribution in [-0.2, 0) is 15.1 Å². The summed E-state index contributed by atoms with van der Waals surface area (Å²) in [6, 6.07) is 0. The van der Waals surface area contributed by atoms with Crippen LogP contribution in [0, 0.1) is 6.92 Å². The molecule has 1 unspecified atom stereocenters. The third-order valence-electron chi connectivity index (χ3n) is 2.53. The van der Waals surface area contributed by atoms with E-state index in [1.54, 1.807) is 27.7 Å². The van der Waals surface area contributed by atoms with E-state index in [2.05, 4.69) is 15.3 Å². The van der Waals surface area contributed by atoms with Gasteiger partial charge in [-0.3, -0.25) is 9.97 Å². The highest BCUT2D eigenvalue weighted by molar-refractivity contribution is 5.85. The maximum Gasteiger partial charge on any atom is 0.408 e. The predicted molar refractivity (Wildman–Crippen MR) is 71.1 cm³/mol.